The van der Waals surface area contributed by atoms with E-state index in [2.05, 4.69) is 21.2 Å². The third-order valence-corrected chi connectivity index (χ3v) is 3.56. The van der Waals surface area contributed by atoms with Gasteiger partial charge < -0.3 is 5.32 Å². The van der Waals surface area contributed by atoms with Gasteiger partial charge in [-0.25, -0.2) is 4.39 Å². The molecule has 2 aromatic carbocycles. The molecule has 0 unspecified atom stereocenters. The van der Waals surface area contributed by atoms with E-state index in [1.165, 1.54) is 18.2 Å². The van der Waals surface area contributed by atoms with Crippen LogP contribution in [0.5, 0.6) is 0 Å². The molecule has 0 saturated heterocycles. The number of nitrogens with one attached hydrogen (secondary N) is 1. The van der Waals surface area contributed by atoms with E-state index in [1.807, 2.05) is 0 Å². The summed E-state index contributed by atoms with van der Waals surface area (Å²) >= 11 is 3.14. The van der Waals surface area contributed by atoms with Gasteiger partial charge in [-0.2, -0.15) is 18.4 Å². The number of anilines is 1. The van der Waals surface area contributed by atoms with Gasteiger partial charge in [-0.1, -0.05) is 22.0 Å². The number of alkyl halides is 3. The molecule has 1 amide bonds. The van der Waals surface area contributed by atoms with Gasteiger partial charge in [0.05, 0.1) is 5.56 Å². The zero-order valence-electron chi connectivity index (χ0n) is 12.4. The van der Waals surface area contributed by atoms with Gasteiger partial charge >= 0.3 is 6.18 Å². The summed E-state index contributed by atoms with van der Waals surface area (Å²) in [6, 6.07) is 9.54. The quantitative estimate of drug-likeness (QED) is 0.430. The van der Waals surface area contributed by atoms with Gasteiger partial charge in [0.15, 0.2) is 0 Å². The Morgan fingerprint density at radius 3 is 2.56 bits per heavy atom. The third kappa shape index (κ3) is 4.90. The van der Waals surface area contributed by atoms with Crippen LogP contribution in [0.4, 0.5) is 23.2 Å². The fourth-order valence-corrected chi connectivity index (χ4v) is 2.28. The summed E-state index contributed by atoms with van der Waals surface area (Å²) in [5.41, 5.74) is -1.53. The topological polar surface area (TPSA) is 52.9 Å². The largest absolute Gasteiger partial charge is 0.416 e. The van der Waals surface area contributed by atoms with Crippen molar-refractivity contribution in [1.29, 1.82) is 5.26 Å². The number of nitrogens with zero attached hydrogens (tertiary/aromatic N) is 1. The molecule has 2 aromatic rings. The molecule has 0 aromatic heterocycles. The molecule has 0 saturated carbocycles. The number of carbonyl (C=O) groups is 1. The minimum Gasteiger partial charge on any atom is -0.321 e. The first-order valence-corrected chi connectivity index (χ1v) is 7.55. The molecule has 0 bridgehead atoms. The SMILES string of the molecule is N#C/C(=C\c1cc(Br)ccc1F)C(=O)Nc1cccc(C(F)(F)F)c1. The minimum absolute atomic E-state index is 0.00915. The van der Waals surface area contributed by atoms with E-state index in [0.29, 0.717) is 4.47 Å². The molecule has 0 heterocycles. The van der Waals surface area contributed by atoms with Crippen LogP contribution in [-0.4, -0.2) is 5.91 Å². The molecule has 8 heteroatoms. The van der Waals surface area contributed by atoms with Gasteiger partial charge in [0.25, 0.3) is 5.91 Å². The molecular formula is C17H9BrF4N2O. The first kappa shape index (κ1) is 18.7. The summed E-state index contributed by atoms with van der Waals surface area (Å²) in [5, 5.41) is 11.3. The highest BCUT2D eigenvalue weighted by Gasteiger charge is 2.30. The second kappa shape index (κ2) is 7.49. The van der Waals surface area contributed by atoms with Crippen LogP contribution < -0.4 is 5.32 Å². The normalized spacial score (nSPS) is 11.8. The van der Waals surface area contributed by atoms with Crippen molar-refractivity contribution >= 4 is 33.6 Å². The number of halogens is 5. The number of carbonyl (C=O) groups excluding carboxylic acids is 1. The lowest BCUT2D eigenvalue weighted by Gasteiger charge is -2.09. The molecule has 0 spiro atoms. The molecule has 1 N–H and O–H groups in total. The molecule has 0 atom stereocenters. The van der Waals surface area contributed by atoms with E-state index in [1.54, 1.807) is 6.07 Å². The van der Waals surface area contributed by atoms with Gasteiger partial charge in [0, 0.05) is 15.7 Å². The Kier molecular flexibility index (Phi) is 5.59. The molecule has 3 nitrogen and oxygen atoms in total. The van der Waals surface area contributed by atoms with E-state index in [0.717, 1.165) is 30.3 Å². The average Bonchev–Trinajstić information content (AvgIpc) is 2.55. The number of hydrogen-bond acceptors (Lipinski definition) is 2. The maximum absolute atomic E-state index is 13.7. The Balaban J connectivity index is 2.28. The summed E-state index contributed by atoms with van der Waals surface area (Å²) in [6.45, 7) is 0. The number of nitriles is 1. The van der Waals surface area contributed by atoms with E-state index in [-0.39, 0.29) is 11.3 Å². The van der Waals surface area contributed by atoms with Gasteiger partial charge in [-0.3, -0.25) is 4.79 Å². The van der Waals surface area contributed by atoms with E-state index < -0.39 is 29.0 Å². The van der Waals surface area contributed by atoms with Crippen molar-refractivity contribution in [2.24, 2.45) is 0 Å². The fourth-order valence-electron chi connectivity index (χ4n) is 1.90. The Bertz CT molecular complexity index is 885. The third-order valence-electron chi connectivity index (χ3n) is 3.07. The van der Waals surface area contributed by atoms with Gasteiger partial charge in [0.2, 0.25) is 0 Å². The summed E-state index contributed by atoms with van der Waals surface area (Å²) < 4.78 is 52.3. The molecule has 0 aliphatic carbocycles. The molecule has 25 heavy (non-hydrogen) atoms. The van der Waals surface area contributed by atoms with Crippen LogP contribution in [0, 0.1) is 17.1 Å². The second-order valence-electron chi connectivity index (χ2n) is 4.87. The van der Waals surface area contributed by atoms with Gasteiger partial charge in [-0.15, -0.1) is 0 Å². The van der Waals surface area contributed by atoms with Crippen molar-refractivity contribution in [3.05, 3.63) is 69.5 Å². The molecule has 128 valence electrons. The smallest absolute Gasteiger partial charge is 0.321 e. The number of hydrogen-bond donors (Lipinski definition) is 1. The van der Waals surface area contributed by atoms with Crippen molar-refractivity contribution in [3.8, 4) is 6.07 Å². The van der Waals surface area contributed by atoms with Crippen molar-refractivity contribution in [3.63, 3.8) is 0 Å². The zero-order chi connectivity index (χ0) is 18.6. The summed E-state index contributed by atoms with van der Waals surface area (Å²) in [6.07, 6.45) is -3.54. The lowest BCUT2D eigenvalue weighted by Crippen LogP contribution is -2.14. The predicted molar refractivity (Wildman–Crippen MR) is 87.8 cm³/mol. The Morgan fingerprint density at radius 2 is 1.92 bits per heavy atom. The van der Waals surface area contributed by atoms with Crippen LogP contribution in [0.1, 0.15) is 11.1 Å². The fraction of sp³-hybridized carbons (Fsp3) is 0.0588. The maximum Gasteiger partial charge on any atom is 0.416 e. The van der Waals surface area contributed by atoms with Crippen molar-refractivity contribution < 1.29 is 22.4 Å². The molecule has 0 radical (unpaired) electrons. The maximum atomic E-state index is 13.7. The van der Waals surface area contributed by atoms with Crippen LogP contribution in [0.2, 0.25) is 0 Å². The van der Waals surface area contributed by atoms with Crippen molar-refractivity contribution in [1.82, 2.24) is 0 Å². The van der Waals surface area contributed by atoms with E-state index >= 15 is 0 Å². The molecule has 0 aliphatic rings. The standard InChI is InChI=1S/C17H9BrF4N2O/c18-13-4-5-15(19)10(7-13)6-11(9-23)16(25)24-14-3-1-2-12(8-14)17(20,21)22/h1-8H,(H,24,25)/b11-6+. The minimum atomic E-state index is -4.56. The van der Waals surface area contributed by atoms with Crippen LogP contribution in [0.15, 0.2) is 52.5 Å². The van der Waals surface area contributed by atoms with Crippen LogP contribution in [0.25, 0.3) is 6.08 Å². The van der Waals surface area contributed by atoms with Crippen LogP contribution >= 0.6 is 15.9 Å². The summed E-state index contributed by atoms with van der Waals surface area (Å²) in [4.78, 5) is 12.1. The highest BCUT2D eigenvalue weighted by molar-refractivity contribution is 9.10. The average molecular weight is 413 g/mol. The summed E-state index contributed by atoms with van der Waals surface area (Å²) in [7, 11) is 0. The Morgan fingerprint density at radius 1 is 1.20 bits per heavy atom. The number of rotatable bonds is 3. The predicted octanol–water partition coefficient (Wildman–Crippen LogP) is 5.15. The first-order valence-electron chi connectivity index (χ1n) is 6.76. The highest BCUT2D eigenvalue weighted by Crippen LogP contribution is 2.30. The molecule has 0 aliphatic heterocycles. The van der Waals surface area contributed by atoms with E-state index in [4.69, 9.17) is 5.26 Å². The first-order chi connectivity index (χ1) is 11.7. The van der Waals surface area contributed by atoms with Gasteiger partial charge in [0.1, 0.15) is 17.5 Å². The van der Waals surface area contributed by atoms with Gasteiger partial charge in [-0.05, 0) is 42.5 Å². The van der Waals surface area contributed by atoms with Crippen LogP contribution in [0.3, 0.4) is 0 Å². The Labute approximate surface area is 148 Å². The van der Waals surface area contributed by atoms with Crippen molar-refractivity contribution in [2.75, 3.05) is 5.32 Å². The van der Waals surface area contributed by atoms with E-state index in [9.17, 15) is 22.4 Å². The van der Waals surface area contributed by atoms with Crippen molar-refractivity contribution in [2.45, 2.75) is 6.18 Å². The number of benzene rings is 2. The zero-order valence-corrected chi connectivity index (χ0v) is 14.0. The lowest BCUT2D eigenvalue weighted by molar-refractivity contribution is -0.137. The molecule has 0 fully saturated rings. The second-order valence-corrected chi connectivity index (χ2v) is 5.78. The van der Waals surface area contributed by atoms with Crippen LogP contribution in [-0.2, 0) is 11.0 Å². The highest BCUT2D eigenvalue weighted by atomic mass is 79.9. The monoisotopic (exact) mass is 412 g/mol. The molecule has 2 rings (SSSR count). The Hall–Kier alpha value is -2.66. The lowest BCUT2D eigenvalue weighted by atomic mass is 10.1. The number of amides is 1. The molecular weight excluding hydrogens is 404 g/mol. The summed E-state index contributed by atoms with van der Waals surface area (Å²) in [5.74, 6) is -1.59.